The summed E-state index contributed by atoms with van der Waals surface area (Å²) in [5.41, 5.74) is 0.368. The maximum absolute atomic E-state index is 12.5. The first-order valence-electron chi connectivity index (χ1n) is 6.95. The molecular formula is C15H13F3N2O4S. The number of nitrogens with zero attached hydrogens (tertiary/aromatic N) is 1. The summed E-state index contributed by atoms with van der Waals surface area (Å²) >= 11 is 0.356. The Morgan fingerprint density at radius 1 is 1.32 bits per heavy atom. The quantitative estimate of drug-likeness (QED) is 0.811. The number of hydrogen-bond acceptors (Lipinski definition) is 5. The van der Waals surface area contributed by atoms with Gasteiger partial charge in [-0.1, -0.05) is 12.1 Å². The Morgan fingerprint density at radius 3 is 2.48 bits per heavy atom. The van der Waals surface area contributed by atoms with Crippen LogP contribution in [-0.2, 0) is 11.0 Å². The molecule has 0 aliphatic heterocycles. The van der Waals surface area contributed by atoms with Crippen LogP contribution < -0.4 is 10.1 Å². The SMILES string of the molecule is CC(NC(=O)c1csc(C(F)(F)F)n1)c1ccc(OCC(=O)O)cc1. The van der Waals surface area contributed by atoms with E-state index in [2.05, 4.69) is 10.3 Å². The molecule has 0 saturated carbocycles. The first-order chi connectivity index (χ1) is 11.7. The Hall–Kier alpha value is -2.62. The zero-order chi connectivity index (χ0) is 18.6. The Kier molecular flexibility index (Phi) is 5.62. The van der Waals surface area contributed by atoms with Gasteiger partial charge in [0, 0.05) is 5.38 Å². The highest BCUT2D eigenvalue weighted by Gasteiger charge is 2.35. The molecule has 1 aromatic heterocycles. The molecule has 10 heteroatoms. The fraction of sp³-hybridized carbons (Fsp3) is 0.267. The van der Waals surface area contributed by atoms with Crippen LogP contribution in [0.1, 0.15) is 34.0 Å². The third kappa shape index (κ3) is 5.18. The lowest BCUT2D eigenvalue weighted by Gasteiger charge is -2.14. The van der Waals surface area contributed by atoms with E-state index in [4.69, 9.17) is 9.84 Å². The number of hydrogen-bond donors (Lipinski definition) is 2. The monoisotopic (exact) mass is 374 g/mol. The molecular weight excluding hydrogens is 361 g/mol. The Labute approximate surface area is 144 Å². The Bertz CT molecular complexity index is 759. The molecule has 2 aromatic rings. The van der Waals surface area contributed by atoms with Crippen LogP contribution >= 0.6 is 11.3 Å². The fourth-order valence-corrected chi connectivity index (χ4v) is 2.53. The number of benzene rings is 1. The van der Waals surface area contributed by atoms with E-state index in [9.17, 15) is 22.8 Å². The van der Waals surface area contributed by atoms with Crippen LogP contribution in [0.15, 0.2) is 29.6 Å². The Balaban J connectivity index is 1.99. The molecule has 2 rings (SSSR count). The molecule has 1 heterocycles. The van der Waals surface area contributed by atoms with Crippen LogP contribution in [-0.4, -0.2) is 28.6 Å². The third-order valence-corrected chi connectivity index (χ3v) is 3.96. The lowest BCUT2D eigenvalue weighted by atomic mass is 10.1. The van der Waals surface area contributed by atoms with Gasteiger partial charge in [-0.3, -0.25) is 4.79 Å². The smallest absolute Gasteiger partial charge is 0.443 e. The first kappa shape index (κ1) is 18.7. The van der Waals surface area contributed by atoms with Crippen LogP contribution in [0.5, 0.6) is 5.75 Å². The van der Waals surface area contributed by atoms with Gasteiger partial charge < -0.3 is 15.2 Å². The van der Waals surface area contributed by atoms with Crippen molar-refractivity contribution in [3.05, 3.63) is 45.9 Å². The van der Waals surface area contributed by atoms with E-state index in [0.29, 0.717) is 22.6 Å². The second-order valence-corrected chi connectivity index (χ2v) is 5.84. The molecule has 1 aromatic carbocycles. The number of carboxylic acids is 1. The summed E-state index contributed by atoms with van der Waals surface area (Å²) in [4.78, 5) is 25.7. The second-order valence-electron chi connectivity index (χ2n) is 4.98. The normalized spacial score (nSPS) is 12.5. The molecule has 0 spiro atoms. The average Bonchev–Trinajstić information content (AvgIpc) is 3.03. The number of thiazole rings is 1. The molecule has 0 aliphatic carbocycles. The van der Waals surface area contributed by atoms with E-state index in [1.54, 1.807) is 19.1 Å². The van der Waals surface area contributed by atoms with Gasteiger partial charge in [-0.05, 0) is 24.6 Å². The molecule has 2 N–H and O–H groups in total. The van der Waals surface area contributed by atoms with Crippen molar-refractivity contribution in [2.45, 2.75) is 19.1 Å². The molecule has 6 nitrogen and oxygen atoms in total. The summed E-state index contributed by atoms with van der Waals surface area (Å²) in [7, 11) is 0. The zero-order valence-corrected chi connectivity index (χ0v) is 13.6. The number of carbonyl (C=O) groups excluding carboxylic acids is 1. The largest absolute Gasteiger partial charge is 0.482 e. The van der Waals surface area contributed by atoms with Gasteiger partial charge in [0.15, 0.2) is 11.6 Å². The van der Waals surface area contributed by atoms with E-state index in [0.717, 1.165) is 5.38 Å². The molecule has 134 valence electrons. The van der Waals surface area contributed by atoms with Crippen LogP contribution in [0.25, 0.3) is 0 Å². The lowest BCUT2D eigenvalue weighted by Crippen LogP contribution is -2.27. The molecule has 0 fully saturated rings. The van der Waals surface area contributed by atoms with Gasteiger partial charge in [-0.2, -0.15) is 13.2 Å². The zero-order valence-electron chi connectivity index (χ0n) is 12.8. The van der Waals surface area contributed by atoms with Gasteiger partial charge in [0.05, 0.1) is 6.04 Å². The molecule has 25 heavy (non-hydrogen) atoms. The van der Waals surface area contributed by atoms with E-state index >= 15 is 0 Å². The molecule has 1 atom stereocenters. The second kappa shape index (κ2) is 7.51. The van der Waals surface area contributed by atoms with Crippen molar-refractivity contribution >= 4 is 23.2 Å². The minimum atomic E-state index is -4.58. The lowest BCUT2D eigenvalue weighted by molar-refractivity contribution is -0.139. The van der Waals surface area contributed by atoms with Gasteiger partial charge in [-0.25, -0.2) is 9.78 Å². The van der Waals surface area contributed by atoms with E-state index in [-0.39, 0.29) is 5.69 Å². The van der Waals surface area contributed by atoms with E-state index in [1.165, 1.54) is 12.1 Å². The summed E-state index contributed by atoms with van der Waals surface area (Å²) in [6, 6.07) is 5.81. The van der Waals surface area contributed by atoms with Crippen molar-refractivity contribution < 1.29 is 32.6 Å². The molecule has 0 bridgehead atoms. The van der Waals surface area contributed by atoms with Crippen LogP contribution in [0.3, 0.4) is 0 Å². The van der Waals surface area contributed by atoms with Crippen LogP contribution in [0.4, 0.5) is 13.2 Å². The van der Waals surface area contributed by atoms with Crippen molar-refractivity contribution in [1.82, 2.24) is 10.3 Å². The highest BCUT2D eigenvalue weighted by Crippen LogP contribution is 2.31. The van der Waals surface area contributed by atoms with Crippen molar-refractivity contribution in [3.8, 4) is 5.75 Å². The number of ether oxygens (including phenoxy) is 1. The first-order valence-corrected chi connectivity index (χ1v) is 7.83. The molecule has 1 unspecified atom stereocenters. The number of alkyl halides is 3. The summed E-state index contributed by atoms with van der Waals surface area (Å²) in [5, 5.41) is 11.0. The summed E-state index contributed by atoms with van der Waals surface area (Å²) in [5.74, 6) is -1.48. The molecule has 0 saturated heterocycles. The molecule has 0 radical (unpaired) electrons. The highest BCUT2D eigenvalue weighted by atomic mass is 32.1. The minimum Gasteiger partial charge on any atom is -0.482 e. The van der Waals surface area contributed by atoms with Crippen LogP contribution in [0, 0.1) is 0 Å². The molecule has 1 amide bonds. The third-order valence-electron chi connectivity index (χ3n) is 3.07. The number of halogens is 3. The predicted molar refractivity (Wildman–Crippen MR) is 82.6 cm³/mol. The van der Waals surface area contributed by atoms with Crippen molar-refractivity contribution in [3.63, 3.8) is 0 Å². The molecule has 0 aliphatic rings. The number of aliphatic carboxylic acids is 1. The number of rotatable bonds is 6. The minimum absolute atomic E-state index is 0.300. The maximum atomic E-state index is 12.5. The highest BCUT2D eigenvalue weighted by molar-refractivity contribution is 7.09. The standard InChI is InChI=1S/C15H13F3N2O4S/c1-8(9-2-4-10(5-3-9)24-6-12(21)22)19-13(23)11-7-25-14(20-11)15(16,17)18/h2-5,7-8H,6H2,1H3,(H,19,23)(H,21,22). The van der Waals surface area contributed by atoms with Crippen LogP contribution in [0.2, 0.25) is 0 Å². The maximum Gasteiger partial charge on any atom is 0.443 e. The van der Waals surface area contributed by atoms with E-state index < -0.39 is 35.7 Å². The van der Waals surface area contributed by atoms with Gasteiger partial charge in [-0.15, -0.1) is 11.3 Å². The number of nitrogens with one attached hydrogen (secondary N) is 1. The van der Waals surface area contributed by atoms with Gasteiger partial charge in [0.2, 0.25) is 0 Å². The summed E-state index contributed by atoms with van der Waals surface area (Å²) in [6.45, 7) is 1.18. The predicted octanol–water partition coefficient (Wildman–Crippen LogP) is 3.12. The van der Waals surface area contributed by atoms with Gasteiger partial charge in [0.1, 0.15) is 11.4 Å². The Morgan fingerprint density at radius 2 is 1.96 bits per heavy atom. The van der Waals surface area contributed by atoms with Crippen molar-refractivity contribution in [2.75, 3.05) is 6.61 Å². The topological polar surface area (TPSA) is 88.5 Å². The number of carbonyl (C=O) groups is 2. The van der Waals surface area contributed by atoms with Gasteiger partial charge in [0.25, 0.3) is 5.91 Å². The van der Waals surface area contributed by atoms with Crippen molar-refractivity contribution in [2.24, 2.45) is 0 Å². The number of amides is 1. The van der Waals surface area contributed by atoms with Crippen molar-refractivity contribution in [1.29, 1.82) is 0 Å². The van der Waals surface area contributed by atoms with Gasteiger partial charge >= 0.3 is 12.1 Å². The van der Waals surface area contributed by atoms with E-state index in [1.807, 2.05) is 0 Å². The summed E-state index contributed by atoms with van der Waals surface area (Å²) in [6.07, 6.45) is -4.58. The average molecular weight is 374 g/mol. The number of aromatic nitrogens is 1. The number of carboxylic acid groups (broad SMARTS) is 1. The summed E-state index contributed by atoms with van der Waals surface area (Å²) < 4.78 is 42.5. The fourth-order valence-electron chi connectivity index (χ4n) is 1.86.